The van der Waals surface area contributed by atoms with Gasteiger partial charge in [0.2, 0.25) is 5.95 Å². The number of aromatic nitrogens is 5. The van der Waals surface area contributed by atoms with E-state index in [9.17, 15) is 9.59 Å². The van der Waals surface area contributed by atoms with Crippen LogP contribution in [0.15, 0.2) is 53.3 Å². The van der Waals surface area contributed by atoms with Crippen molar-refractivity contribution in [2.24, 2.45) is 0 Å². The van der Waals surface area contributed by atoms with E-state index in [-0.39, 0.29) is 24.7 Å². The van der Waals surface area contributed by atoms with Gasteiger partial charge in [-0.2, -0.15) is 4.98 Å². The highest BCUT2D eigenvalue weighted by Crippen LogP contribution is 2.19. The predicted molar refractivity (Wildman–Crippen MR) is 109 cm³/mol. The number of carbonyl (C=O) groups excluding carboxylic acids is 1. The summed E-state index contributed by atoms with van der Waals surface area (Å²) in [4.78, 5) is 35.3. The van der Waals surface area contributed by atoms with Crippen molar-refractivity contribution in [3.8, 4) is 17.1 Å². The number of nitrogens with zero attached hydrogens (tertiary/aromatic N) is 3. The molecule has 1 amide bonds. The number of H-pyrrole nitrogens is 2. The lowest BCUT2D eigenvalue weighted by molar-refractivity contribution is -0.121. The average molecular weight is 406 g/mol. The molecule has 152 valence electrons. The molecule has 0 aliphatic heterocycles. The molecule has 4 rings (SSSR count). The molecule has 3 N–H and O–H groups in total. The number of rotatable bonds is 7. The molecule has 0 saturated carbocycles. The van der Waals surface area contributed by atoms with Crippen LogP contribution >= 0.6 is 0 Å². The summed E-state index contributed by atoms with van der Waals surface area (Å²) in [6.45, 7) is -0.262. The molecular formula is C20H18N6O4. The van der Waals surface area contributed by atoms with E-state index in [4.69, 9.17) is 9.47 Å². The summed E-state index contributed by atoms with van der Waals surface area (Å²) in [5.74, 6) is 1.27. The number of hydrogen-bond acceptors (Lipinski definition) is 7. The average Bonchev–Trinajstić information content (AvgIpc) is 3.22. The minimum absolute atomic E-state index is 0.0153. The summed E-state index contributed by atoms with van der Waals surface area (Å²) in [6.07, 6.45) is 0. The summed E-state index contributed by atoms with van der Waals surface area (Å²) in [7, 11) is 1.59. The molecule has 0 aliphatic carbocycles. The van der Waals surface area contributed by atoms with Gasteiger partial charge in [0, 0.05) is 5.56 Å². The molecule has 0 aliphatic rings. The van der Waals surface area contributed by atoms with Gasteiger partial charge in [-0.1, -0.05) is 12.1 Å². The fraction of sp³-hybridized carbons (Fsp3) is 0.150. The third-order valence-electron chi connectivity index (χ3n) is 4.23. The van der Waals surface area contributed by atoms with Crippen LogP contribution in [0.25, 0.3) is 22.3 Å². The fourth-order valence-electron chi connectivity index (χ4n) is 2.80. The minimum Gasteiger partial charge on any atom is -0.497 e. The number of carbonyl (C=O) groups is 1. The monoisotopic (exact) mass is 406 g/mol. The summed E-state index contributed by atoms with van der Waals surface area (Å²) < 4.78 is 10.5. The van der Waals surface area contributed by atoms with E-state index in [1.807, 2.05) is 12.1 Å². The maximum atomic E-state index is 12.1. The minimum atomic E-state index is -0.432. The maximum absolute atomic E-state index is 12.1. The van der Waals surface area contributed by atoms with Gasteiger partial charge < -0.3 is 14.5 Å². The zero-order valence-electron chi connectivity index (χ0n) is 16.0. The third-order valence-corrected chi connectivity index (χ3v) is 4.23. The van der Waals surface area contributed by atoms with E-state index in [0.717, 1.165) is 11.3 Å². The van der Waals surface area contributed by atoms with E-state index < -0.39 is 5.91 Å². The molecular weight excluding hydrogens is 388 g/mol. The molecule has 2 aromatic heterocycles. The Balaban J connectivity index is 1.32. The Morgan fingerprint density at radius 1 is 1.10 bits per heavy atom. The van der Waals surface area contributed by atoms with Gasteiger partial charge in [0.1, 0.15) is 24.8 Å². The Morgan fingerprint density at radius 2 is 1.90 bits per heavy atom. The Bertz CT molecular complexity index is 1230. The van der Waals surface area contributed by atoms with Gasteiger partial charge in [0.05, 0.1) is 18.0 Å². The lowest BCUT2D eigenvalue weighted by Crippen LogP contribution is -2.20. The highest BCUT2D eigenvalue weighted by atomic mass is 16.5. The quantitative estimate of drug-likeness (QED) is 0.426. The standard InChI is InChI=1S/C20H18N6O4/c1-29-13-8-6-12(7-9-13)18-24-20(26-25-18)23-17(27)11-30-10-16-21-15-5-3-2-4-14(15)19(28)22-16/h2-9H,10-11H2,1H3,(H,21,22,28)(H2,23,24,25,26,27). The summed E-state index contributed by atoms with van der Waals surface area (Å²) in [5.41, 5.74) is 1.11. The first-order chi connectivity index (χ1) is 14.6. The normalized spacial score (nSPS) is 10.8. The van der Waals surface area contributed by atoms with E-state index in [2.05, 4.69) is 30.5 Å². The van der Waals surface area contributed by atoms with Gasteiger partial charge >= 0.3 is 0 Å². The van der Waals surface area contributed by atoms with Crippen LogP contribution in [-0.4, -0.2) is 44.8 Å². The zero-order chi connectivity index (χ0) is 20.9. The molecule has 2 heterocycles. The number of nitrogens with one attached hydrogen (secondary N) is 3. The predicted octanol–water partition coefficient (Wildman–Crippen LogP) is 1.87. The van der Waals surface area contributed by atoms with Gasteiger partial charge in [-0.05, 0) is 36.4 Å². The molecule has 0 atom stereocenters. The smallest absolute Gasteiger partial charge is 0.258 e. The lowest BCUT2D eigenvalue weighted by atomic mass is 10.2. The van der Waals surface area contributed by atoms with Crippen molar-refractivity contribution < 1.29 is 14.3 Å². The van der Waals surface area contributed by atoms with Crippen molar-refractivity contribution in [3.05, 3.63) is 64.7 Å². The van der Waals surface area contributed by atoms with Crippen LogP contribution in [0.2, 0.25) is 0 Å². The molecule has 0 saturated heterocycles. The van der Waals surface area contributed by atoms with Crippen LogP contribution in [0.4, 0.5) is 5.95 Å². The number of anilines is 1. The van der Waals surface area contributed by atoms with Crippen molar-refractivity contribution >= 4 is 22.8 Å². The van der Waals surface area contributed by atoms with Crippen LogP contribution in [0, 0.1) is 0 Å². The number of benzene rings is 2. The number of amides is 1. The topological polar surface area (TPSA) is 135 Å². The Kier molecular flexibility index (Phi) is 5.48. The van der Waals surface area contributed by atoms with Gasteiger partial charge in [0.25, 0.3) is 11.5 Å². The van der Waals surface area contributed by atoms with Crippen LogP contribution in [0.3, 0.4) is 0 Å². The first-order valence-corrected chi connectivity index (χ1v) is 9.05. The van der Waals surface area contributed by atoms with Crippen LogP contribution in [0.5, 0.6) is 5.75 Å². The second-order valence-electron chi connectivity index (χ2n) is 6.31. The van der Waals surface area contributed by atoms with Crippen molar-refractivity contribution in [2.75, 3.05) is 19.0 Å². The second-order valence-corrected chi connectivity index (χ2v) is 6.31. The van der Waals surface area contributed by atoms with Gasteiger partial charge in [-0.3, -0.25) is 20.0 Å². The molecule has 2 aromatic carbocycles. The second kappa shape index (κ2) is 8.53. The van der Waals surface area contributed by atoms with E-state index in [0.29, 0.717) is 22.6 Å². The number of aromatic amines is 2. The summed E-state index contributed by atoms with van der Waals surface area (Å²) in [5, 5.41) is 9.78. The molecule has 10 heteroatoms. The third kappa shape index (κ3) is 4.33. The van der Waals surface area contributed by atoms with E-state index in [1.54, 1.807) is 43.5 Å². The van der Waals surface area contributed by atoms with E-state index in [1.165, 1.54) is 0 Å². The number of para-hydroxylation sites is 1. The molecule has 0 radical (unpaired) electrons. The van der Waals surface area contributed by atoms with Gasteiger partial charge in [-0.25, -0.2) is 4.98 Å². The van der Waals surface area contributed by atoms with Crippen LogP contribution in [-0.2, 0) is 16.1 Å². The van der Waals surface area contributed by atoms with Crippen molar-refractivity contribution in [2.45, 2.75) is 6.61 Å². The number of hydrogen-bond donors (Lipinski definition) is 3. The summed E-state index contributed by atoms with van der Waals surface area (Å²) >= 11 is 0. The largest absolute Gasteiger partial charge is 0.497 e. The molecule has 30 heavy (non-hydrogen) atoms. The van der Waals surface area contributed by atoms with Crippen molar-refractivity contribution in [1.29, 1.82) is 0 Å². The molecule has 0 spiro atoms. The Morgan fingerprint density at radius 3 is 2.70 bits per heavy atom. The molecule has 0 bridgehead atoms. The highest BCUT2D eigenvalue weighted by molar-refractivity contribution is 5.90. The molecule has 0 unspecified atom stereocenters. The van der Waals surface area contributed by atoms with E-state index >= 15 is 0 Å². The number of fused-ring (bicyclic) bond motifs is 1. The maximum Gasteiger partial charge on any atom is 0.258 e. The first kappa shape index (κ1) is 19.3. The van der Waals surface area contributed by atoms with Crippen LogP contribution < -0.4 is 15.6 Å². The Hall–Kier alpha value is -4.05. The SMILES string of the molecule is COc1ccc(-c2nc(NC(=O)COCc3nc4ccccc4c(=O)[nH]3)n[nH]2)cc1. The molecule has 0 fully saturated rings. The number of ether oxygens (including phenoxy) is 2. The molecule has 4 aromatic rings. The highest BCUT2D eigenvalue weighted by Gasteiger charge is 2.10. The fourth-order valence-corrected chi connectivity index (χ4v) is 2.80. The van der Waals surface area contributed by atoms with Crippen LogP contribution in [0.1, 0.15) is 5.82 Å². The first-order valence-electron chi connectivity index (χ1n) is 9.05. The summed E-state index contributed by atoms with van der Waals surface area (Å²) in [6, 6.07) is 14.2. The molecule has 10 nitrogen and oxygen atoms in total. The van der Waals surface area contributed by atoms with Crippen molar-refractivity contribution in [3.63, 3.8) is 0 Å². The Labute approximate surface area is 170 Å². The lowest BCUT2D eigenvalue weighted by Gasteiger charge is -2.04. The zero-order valence-corrected chi connectivity index (χ0v) is 16.0. The number of methoxy groups -OCH3 is 1. The van der Waals surface area contributed by atoms with Gasteiger partial charge in [-0.15, -0.1) is 5.10 Å². The van der Waals surface area contributed by atoms with Crippen molar-refractivity contribution in [1.82, 2.24) is 25.1 Å². The van der Waals surface area contributed by atoms with Gasteiger partial charge in [0.15, 0.2) is 5.82 Å².